The monoisotopic (exact) mass is 271 g/mol. The number of ether oxygens (including phenoxy) is 1. The van der Waals surface area contributed by atoms with Crippen LogP contribution in [0.5, 0.6) is 0 Å². The summed E-state index contributed by atoms with van der Waals surface area (Å²) in [5, 5.41) is 3.99. The fourth-order valence-corrected chi connectivity index (χ4v) is 4.59. The summed E-state index contributed by atoms with van der Waals surface area (Å²) in [7, 11) is 1.51. The first-order chi connectivity index (χ1) is 8.69. The minimum absolute atomic E-state index is 0.0655. The van der Waals surface area contributed by atoms with Gasteiger partial charge >= 0.3 is 5.97 Å². The topological polar surface area (TPSA) is 38.3 Å². The highest BCUT2D eigenvalue weighted by Gasteiger charge is 2.49. The Hall–Kier alpha value is -0.220. The molecule has 2 unspecified atom stereocenters. The maximum atomic E-state index is 12.2. The van der Waals surface area contributed by atoms with E-state index >= 15 is 0 Å². The summed E-state index contributed by atoms with van der Waals surface area (Å²) >= 11 is 1.88. The second kappa shape index (κ2) is 6.29. The van der Waals surface area contributed by atoms with E-state index in [1.54, 1.807) is 0 Å². The molecule has 0 aromatic carbocycles. The molecule has 2 fully saturated rings. The Balaban J connectivity index is 2.07. The normalized spacial score (nSPS) is 34.2. The summed E-state index contributed by atoms with van der Waals surface area (Å²) in [5.41, 5.74) is -0.436. The summed E-state index contributed by atoms with van der Waals surface area (Å²) < 4.78 is 5.07. The number of hydrogen-bond donors (Lipinski definition) is 1. The zero-order chi connectivity index (χ0) is 13.0. The lowest BCUT2D eigenvalue weighted by atomic mass is 9.90. The molecular formula is C14H25NO2S. The molecule has 1 heterocycles. The fourth-order valence-electron chi connectivity index (χ4n) is 3.23. The van der Waals surface area contributed by atoms with Gasteiger partial charge in [0.15, 0.2) is 0 Å². The summed E-state index contributed by atoms with van der Waals surface area (Å²) in [6.07, 6.45) is 8.57. The lowest BCUT2D eigenvalue weighted by Crippen LogP contribution is -2.59. The number of carbonyl (C=O) groups is 1. The molecule has 1 saturated carbocycles. The number of esters is 1. The van der Waals surface area contributed by atoms with Crippen LogP contribution in [0.1, 0.15) is 51.9 Å². The van der Waals surface area contributed by atoms with Crippen LogP contribution in [-0.4, -0.2) is 35.7 Å². The van der Waals surface area contributed by atoms with Gasteiger partial charge in [-0.15, -0.1) is 0 Å². The van der Waals surface area contributed by atoms with Gasteiger partial charge in [0.1, 0.15) is 5.54 Å². The Morgan fingerprint density at radius 1 is 1.28 bits per heavy atom. The molecule has 1 aliphatic carbocycles. The zero-order valence-corrected chi connectivity index (χ0v) is 12.4. The molecule has 18 heavy (non-hydrogen) atoms. The summed E-state index contributed by atoms with van der Waals surface area (Å²) in [6.45, 7) is 2.15. The average molecular weight is 271 g/mol. The van der Waals surface area contributed by atoms with E-state index in [4.69, 9.17) is 4.74 Å². The molecule has 0 bridgehead atoms. The Kier molecular flexibility index (Phi) is 4.96. The molecule has 104 valence electrons. The quantitative estimate of drug-likeness (QED) is 0.633. The van der Waals surface area contributed by atoms with Crippen molar-refractivity contribution in [2.45, 2.75) is 68.7 Å². The molecule has 4 heteroatoms. The molecular weight excluding hydrogens is 246 g/mol. The second-order valence-corrected chi connectivity index (χ2v) is 7.01. The van der Waals surface area contributed by atoms with Crippen LogP contribution < -0.4 is 5.32 Å². The van der Waals surface area contributed by atoms with E-state index in [-0.39, 0.29) is 5.97 Å². The smallest absolute Gasteiger partial charge is 0.327 e. The van der Waals surface area contributed by atoms with Crippen LogP contribution in [0.3, 0.4) is 0 Å². The van der Waals surface area contributed by atoms with Gasteiger partial charge in [-0.25, -0.2) is 0 Å². The number of thioether (sulfide) groups is 1. The van der Waals surface area contributed by atoms with Crippen LogP contribution in [-0.2, 0) is 9.53 Å². The van der Waals surface area contributed by atoms with Gasteiger partial charge in [-0.2, -0.15) is 11.8 Å². The Labute approximate surface area is 114 Å². The van der Waals surface area contributed by atoms with Crippen molar-refractivity contribution in [2.24, 2.45) is 0 Å². The van der Waals surface area contributed by atoms with Crippen LogP contribution in [0, 0.1) is 0 Å². The third-order valence-electron chi connectivity index (χ3n) is 4.42. The SMILES string of the molecule is COC(=O)C1(NC2CCCCCC2)CCSC1C. The van der Waals surface area contributed by atoms with E-state index in [1.165, 1.54) is 45.6 Å². The van der Waals surface area contributed by atoms with Crippen molar-refractivity contribution >= 4 is 17.7 Å². The van der Waals surface area contributed by atoms with Gasteiger partial charge < -0.3 is 4.74 Å². The predicted molar refractivity (Wildman–Crippen MR) is 75.9 cm³/mol. The van der Waals surface area contributed by atoms with Crippen LogP contribution in [0.25, 0.3) is 0 Å². The van der Waals surface area contributed by atoms with Gasteiger partial charge in [-0.1, -0.05) is 32.6 Å². The van der Waals surface area contributed by atoms with Gasteiger partial charge in [-0.05, 0) is 25.0 Å². The summed E-state index contributed by atoms with van der Waals surface area (Å²) in [6, 6.07) is 0.493. The summed E-state index contributed by atoms with van der Waals surface area (Å²) in [4.78, 5) is 12.2. The van der Waals surface area contributed by atoms with Gasteiger partial charge in [0.2, 0.25) is 0 Å². The van der Waals surface area contributed by atoms with Crippen molar-refractivity contribution in [1.82, 2.24) is 5.32 Å². The molecule has 1 N–H and O–H groups in total. The molecule has 0 aromatic rings. The van der Waals surface area contributed by atoms with Crippen molar-refractivity contribution < 1.29 is 9.53 Å². The molecule has 2 rings (SSSR count). The fraction of sp³-hybridized carbons (Fsp3) is 0.929. The maximum absolute atomic E-state index is 12.2. The number of nitrogens with one attached hydrogen (secondary N) is 1. The Morgan fingerprint density at radius 3 is 2.44 bits per heavy atom. The molecule has 1 saturated heterocycles. The lowest BCUT2D eigenvalue weighted by molar-refractivity contribution is -0.148. The molecule has 2 atom stereocenters. The molecule has 3 nitrogen and oxygen atoms in total. The van der Waals surface area contributed by atoms with E-state index in [0.717, 1.165) is 12.2 Å². The number of carbonyl (C=O) groups excluding carboxylic acids is 1. The molecule has 0 amide bonds. The van der Waals surface area contributed by atoms with E-state index in [2.05, 4.69) is 12.2 Å². The first-order valence-corrected chi connectivity index (χ1v) is 8.21. The van der Waals surface area contributed by atoms with Gasteiger partial charge in [0.05, 0.1) is 7.11 Å². The number of rotatable bonds is 3. The van der Waals surface area contributed by atoms with Crippen LogP contribution in [0.4, 0.5) is 0 Å². The third-order valence-corrected chi connectivity index (χ3v) is 5.77. The summed E-state index contributed by atoms with van der Waals surface area (Å²) in [5.74, 6) is 0.986. The van der Waals surface area contributed by atoms with E-state index in [0.29, 0.717) is 11.3 Å². The minimum Gasteiger partial charge on any atom is -0.468 e. The van der Waals surface area contributed by atoms with E-state index in [1.807, 2.05) is 11.8 Å². The Bertz CT molecular complexity index is 290. The molecule has 0 aromatic heterocycles. The van der Waals surface area contributed by atoms with Gasteiger partial charge in [0, 0.05) is 11.3 Å². The van der Waals surface area contributed by atoms with Crippen molar-refractivity contribution in [3.8, 4) is 0 Å². The molecule has 1 aliphatic heterocycles. The van der Waals surface area contributed by atoms with Crippen LogP contribution >= 0.6 is 11.8 Å². The molecule has 0 radical (unpaired) electrons. The van der Waals surface area contributed by atoms with Crippen LogP contribution in [0.2, 0.25) is 0 Å². The molecule has 0 spiro atoms. The first kappa shape index (κ1) is 14.2. The van der Waals surface area contributed by atoms with Crippen molar-refractivity contribution in [1.29, 1.82) is 0 Å². The first-order valence-electron chi connectivity index (χ1n) is 7.17. The zero-order valence-electron chi connectivity index (χ0n) is 11.5. The second-order valence-electron chi connectivity index (χ2n) is 5.56. The average Bonchev–Trinajstić information content (AvgIpc) is 2.60. The highest BCUT2D eigenvalue weighted by Crippen LogP contribution is 2.38. The standard InChI is InChI=1S/C14H25NO2S/c1-11-14(9-10-18-11,13(16)17-2)15-12-7-5-3-4-6-8-12/h11-12,15H,3-10H2,1-2H3. The highest BCUT2D eigenvalue weighted by molar-refractivity contribution is 8.00. The van der Waals surface area contributed by atoms with Crippen LogP contribution in [0.15, 0.2) is 0 Å². The minimum atomic E-state index is -0.436. The van der Waals surface area contributed by atoms with Gasteiger partial charge in [0.25, 0.3) is 0 Å². The largest absolute Gasteiger partial charge is 0.468 e. The highest BCUT2D eigenvalue weighted by atomic mass is 32.2. The number of methoxy groups -OCH3 is 1. The predicted octanol–water partition coefficient (Wildman–Crippen LogP) is 2.74. The van der Waals surface area contributed by atoms with Crippen molar-refractivity contribution in [3.05, 3.63) is 0 Å². The van der Waals surface area contributed by atoms with E-state index < -0.39 is 5.54 Å². The number of hydrogen-bond acceptors (Lipinski definition) is 4. The van der Waals surface area contributed by atoms with Gasteiger partial charge in [-0.3, -0.25) is 10.1 Å². The lowest BCUT2D eigenvalue weighted by Gasteiger charge is -2.35. The molecule has 2 aliphatic rings. The maximum Gasteiger partial charge on any atom is 0.327 e. The Morgan fingerprint density at radius 2 is 1.94 bits per heavy atom. The van der Waals surface area contributed by atoms with E-state index in [9.17, 15) is 4.79 Å². The van der Waals surface area contributed by atoms with Crippen molar-refractivity contribution in [2.75, 3.05) is 12.9 Å². The third kappa shape index (κ3) is 2.85. The van der Waals surface area contributed by atoms with Crippen molar-refractivity contribution in [3.63, 3.8) is 0 Å².